The number of esters is 1. The van der Waals surface area contributed by atoms with Gasteiger partial charge in [-0.2, -0.15) is 0 Å². The van der Waals surface area contributed by atoms with Gasteiger partial charge in [0, 0.05) is 34.0 Å². The van der Waals surface area contributed by atoms with E-state index in [1.807, 2.05) is 0 Å². The maximum Gasteiger partial charge on any atom is 0.325 e. The highest BCUT2D eigenvalue weighted by Gasteiger charge is 2.46. The molecule has 142 valence electrons. The normalized spacial score (nSPS) is 10.1. The molecule has 0 aromatic heterocycles. The Morgan fingerprint density at radius 3 is 1.61 bits per heavy atom. The Morgan fingerprint density at radius 2 is 1.29 bits per heavy atom. The monoisotopic (exact) mass is 414 g/mol. The number of rotatable bonds is 4. The molecule has 0 aliphatic carbocycles. The fraction of sp³-hybridized carbons (Fsp3) is 0.182. The van der Waals surface area contributed by atoms with Crippen molar-refractivity contribution in [3.63, 3.8) is 0 Å². The van der Waals surface area contributed by atoms with Gasteiger partial charge in [0.2, 0.25) is 0 Å². The zero-order chi connectivity index (χ0) is 20.6. The molecule has 0 spiro atoms. The fourth-order valence-corrected chi connectivity index (χ4v) is 2.55. The average molecular weight is 415 g/mol. The van der Waals surface area contributed by atoms with Gasteiger partial charge in [0.15, 0.2) is 5.41 Å². The van der Waals surface area contributed by atoms with Crippen molar-refractivity contribution in [1.29, 1.82) is 0 Å². The Bertz CT molecular complexity index is 906. The average Bonchev–Trinajstić information content (AvgIpc) is 2.69. The molecule has 0 saturated heterocycles. The van der Waals surface area contributed by atoms with Crippen molar-refractivity contribution in [3.05, 3.63) is 69.7 Å². The molecule has 0 saturated carbocycles. The molecule has 6 heteroatoms. The van der Waals surface area contributed by atoms with Crippen LogP contribution >= 0.6 is 23.2 Å². The Labute approximate surface area is 173 Å². The number of methoxy groups -OCH3 is 1. The van der Waals surface area contributed by atoms with Crippen LogP contribution in [-0.4, -0.2) is 24.2 Å². The molecule has 0 bridgehead atoms. The highest BCUT2D eigenvalue weighted by atomic mass is 35.5. The first-order chi connectivity index (χ1) is 13.4. The molecular formula is C22H16Cl2O4. The van der Waals surface area contributed by atoms with Gasteiger partial charge >= 0.3 is 11.9 Å². The molecule has 2 aromatic rings. The van der Waals surface area contributed by atoms with Gasteiger partial charge in [-0.3, -0.25) is 9.59 Å². The molecule has 1 N–H and O–H groups in total. The molecule has 0 aliphatic heterocycles. The molecule has 4 nitrogen and oxygen atoms in total. The molecule has 0 amide bonds. The third-order valence-electron chi connectivity index (χ3n) is 3.92. The number of aliphatic carboxylic acids is 1. The number of hydrogen-bond donors (Lipinski definition) is 1. The largest absolute Gasteiger partial charge is 0.480 e. The SMILES string of the molecule is COC(=O)C(CC#Cc1ccc(Cl)cc1)(CC#Cc1ccc(Cl)cc1)C(=O)O. The molecule has 28 heavy (non-hydrogen) atoms. The lowest BCUT2D eigenvalue weighted by Gasteiger charge is -2.21. The Kier molecular flexibility index (Phi) is 7.52. The summed E-state index contributed by atoms with van der Waals surface area (Å²) in [6.45, 7) is 0. The number of ether oxygens (including phenoxy) is 1. The summed E-state index contributed by atoms with van der Waals surface area (Å²) >= 11 is 11.7. The highest BCUT2D eigenvalue weighted by Crippen LogP contribution is 2.28. The molecule has 2 aromatic carbocycles. The summed E-state index contributed by atoms with van der Waals surface area (Å²) in [7, 11) is 1.14. The van der Waals surface area contributed by atoms with Crippen molar-refractivity contribution in [1.82, 2.24) is 0 Å². The zero-order valence-corrected chi connectivity index (χ0v) is 16.5. The number of carbonyl (C=O) groups excluding carboxylic acids is 1. The third kappa shape index (κ3) is 5.54. The maximum absolute atomic E-state index is 12.3. The number of halogens is 2. The highest BCUT2D eigenvalue weighted by molar-refractivity contribution is 6.30. The standard InChI is InChI=1S/C22H16Cl2O4/c1-28-21(27)22(20(25)26,14-2-4-16-6-10-18(23)11-7-16)15-3-5-17-8-12-19(24)13-9-17/h6-13H,14-15H2,1H3,(H,25,26). The van der Waals surface area contributed by atoms with Crippen LogP contribution < -0.4 is 0 Å². The Balaban J connectivity index is 2.27. The van der Waals surface area contributed by atoms with Gasteiger partial charge in [0.25, 0.3) is 0 Å². The summed E-state index contributed by atoms with van der Waals surface area (Å²) in [6, 6.07) is 13.5. The number of benzene rings is 2. The van der Waals surface area contributed by atoms with Crippen LogP contribution in [0, 0.1) is 29.1 Å². The summed E-state index contributed by atoms with van der Waals surface area (Å²) in [5.41, 5.74) is -0.574. The van der Waals surface area contributed by atoms with E-state index < -0.39 is 17.4 Å². The van der Waals surface area contributed by atoms with Crippen molar-refractivity contribution in [3.8, 4) is 23.7 Å². The van der Waals surface area contributed by atoms with Gasteiger partial charge in [-0.15, -0.1) is 0 Å². The van der Waals surface area contributed by atoms with Crippen LogP contribution in [0.2, 0.25) is 10.0 Å². The summed E-state index contributed by atoms with van der Waals surface area (Å²) in [6.07, 6.45) is -0.486. The van der Waals surface area contributed by atoms with Crippen molar-refractivity contribution in [2.24, 2.45) is 5.41 Å². The number of carboxylic acids is 1. The number of carbonyl (C=O) groups is 2. The lowest BCUT2D eigenvalue weighted by molar-refractivity contribution is -0.166. The van der Waals surface area contributed by atoms with Gasteiger partial charge in [-0.05, 0) is 48.5 Å². The van der Waals surface area contributed by atoms with Crippen molar-refractivity contribution in [2.75, 3.05) is 7.11 Å². The fourth-order valence-electron chi connectivity index (χ4n) is 2.30. The molecule has 0 heterocycles. The van der Waals surface area contributed by atoms with Gasteiger partial charge in [-0.25, -0.2) is 0 Å². The van der Waals surface area contributed by atoms with Crippen molar-refractivity contribution >= 4 is 35.1 Å². The predicted molar refractivity (Wildman–Crippen MR) is 108 cm³/mol. The first-order valence-corrected chi connectivity index (χ1v) is 8.94. The molecule has 0 fully saturated rings. The molecular weight excluding hydrogens is 399 g/mol. The first kappa shape index (κ1) is 21.4. The van der Waals surface area contributed by atoms with Crippen LogP contribution in [0.3, 0.4) is 0 Å². The Morgan fingerprint density at radius 1 is 0.893 bits per heavy atom. The molecule has 0 unspecified atom stereocenters. The summed E-state index contributed by atoms with van der Waals surface area (Å²) < 4.78 is 4.72. The van der Waals surface area contributed by atoms with Gasteiger partial charge in [0.05, 0.1) is 7.11 Å². The van der Waals surface area contributed by atoms with E-state index >= 15 is 0 Å². The van der Waals surface area contributed by atoms with Crippen molar-refractivity contribution < 1.29 is 19.4 Å². The van der Waals surface area contributed by atoms with E-state index in [2.05, 4.69) is 23.7 Å². The van der Waals surface area contributed by atoms with Gasteiger partial charge < -0.3 is 9.84 Å². The summed E-state index contributed by atoms with van der Waals surface area (Å²) in [4.78, 5) is 24.2. The predicted octanol–water partition coefficient (Wildman–Crippen LogP) is 4.42. The third-order valence-corrected chi connectivity index (χ3v) is 4.42. The smallest absolute Gasteiger partial charge is 0.325 e. The molecule has 0 radical (unpaired) electrons. The first-order valence-electron chi connectivity index (χ1n) is 8.18. The summed E-state index contributed by atoms with van der Waals surface area (Å²) in [5.74, 6) is 8.94. The van der Waals surface area contributed by atoms with E-state index in [-0.39, 0.29) is 12.8 Å². The van der Waals surface area contributed by atoms with E-state index in [0.29, 0.717) is 21.2 Å². The van der Waals surface area contributed by atoms with E-state index in [4.69, 9.17) is 27.9 Å². The Hall–Kier alpha value is -2.92. The van der Waals surface area contributed by atoms with Crippen LogP contribution in [-0.2, 0) is 14.3 Å². The summed E-state index contributed by atoms with van der Waals surface area (Å²) in [5, 5.41) is 10.9. The second-order valence-corrected chi connectivity index (χ2v) is 6.72. The topological polar surface area (TPSA) is 63.6 Å². The second kappa shape index (κ2) is 9.85. The van der Waals surface area contributed by atoms with Gasteiger partial charge in [-0.1, -0.05) is 46.9 Å². The van der Waals surface area contributed by atoms with E-state index in [1.54, 1.807) is 48.5 Å². The van der Waals surface area contributed by atoms with Crippen LogP contribution in [0.5, 0.6) is 0 Å². The van der Waals surface area contributed by atoms with E-state index in [1.165, 1.54) is 0 Å². The van der Waals surface area contributed by atoms with Crippen LogP contribution in [0.25, 0.3) is 0 Å². The van der Waals surface area contributed by atoms with E-state index in [0.717, 1.165) is 7.11 Å². The minimum atomic E-state index is -1.88. The van der Waals surface area contributed by atoms with Crippen LogP contribution in [0.1, 0.15) is 24.0 Å². The number of hydrogen-bond acceptors (Lipinski definition) is 3. The maximum atomic E-state index is 12.3. The zero-order valence-electron chi connectivity index (χ0n) is 15.0. The van der Waals surface area contributed by atoms with E-state index in [9.17, 15) is 14.7 Å². The minimum Gasteiger partial charge on any atom is -0.480 e. The molecule has 0 aliphatic rings. The quantitative estimate of drug-likeness (QED) is 0.456. The van der Waals surface area contributed by atoms with Crippen LogP contribution in [0.15, 0.2) is 48.5 Å². The minimum absolute atomic E-state index is 0.243. The lowest BCUT2D eigenvalue weighted by Crippen LogP contribution is -2.39. The second-order valence-electron chi connectivity index (χ2n) is 5.85. The number of carboxylic acid groups (broad SMARTS) is 1. The molecule has 2 rings (SSSR count). The lowest BCUT2D eigenvalue weighted by atomic mass is 9.81. The van der Waals surface area contributed by atoms with Gasteiger partial charge in [0.1, 0.15) is 0 Å². The van der Waals surface area contributed by atoms with Crippen LogP contribution in [0.4, 0.5) is 0 Å². The van der Waals surface area contributed by atoms with Crippen molar-refractivity contribution in [2.45, 2.75) is 12.8 Å². The molecule has 0 atom stereocenters.